The summed E-state index contributed by atoms with van der Waals surface area (Å²) < 4.78 is 6.34. The van der Waals surface area contributed by atoms with Gasteiger partial charge in [-0.1, -0.05) is 0 Å². The van der Waals surface area contributed by atoms with Crippen molar-refractivity contribution >= 4 is 21.7 Å². The summed E-state index contributed by atoms with van der Waals surface area (Å²) in [6.07, 6.45) is 5.98. The maximum atomic E-state index is 5.59. The summed E-state index contributed by atoms with van der Waals surface area (Å²) in [5.74, 6) is 0.793. The topological polar surface area (TPSA) is 47.0 Å². The molecule has 82 valence electrons. The average molecular weight is 272 g/mol. The summed E-state index contributed by atoms with van der Waals surface area (Å²) in [5, 5.41) is 3.29. The highest BCUT2D eigenvalue weighted by Crippen LogP contribution is 2.18. The van der Waals surface area contributed by atoms with E-state index in [1.165, 1.54) is 0 Å². The predicted molar refractivity (Wildman–Crippen MR) is 61.8 cm³/mol. The predicted octanol–water partition coefficient (Wildman–Crippen LogP) is 2.22. The minimum atomic E-state index is 0.281. The van der Waals surface area contributed by atoms with Crippen LogP contribution in [-0.2, 0) is 4.74 Å². The molecule has 0 bridgehead atoms. The maximum Gasteiger partial charge on any atom is 0.144 e. The Morgan fingerprint density at radius 3 is 3.00 bits per heavy atom. The zero-order valence-corrected chi connectivity index (χ0v) is 10.2. The van der Waals surface area contributed by atoms with Crippen molar-refractivity contribution in [3.8, 4) is 0 Å². The molecule has 0 radical (unpaired) electrons. The molecule has 1 aliphatic heterocycles. The molecule has 1 fully saturated rings. The third-order valence-electron chi connectivity index (χ3n) is 2.52. The van der Waals surface area contributed by atoms with Crippen molar-refractivity contribution < 1.29 is 4.74 Å². The normalized spacial score (nSPS) is 22.7. The fraction of sp³-hybridized carbons (Fsp3) is 0.600. The molecular weight excluding hydrogens is 258 g/mol. The van der Waals surface area contributed by atoms with Gasteiger partial charge in [-0.05, 0) is 35.7 Å². The van der Waals surface area contributed by atoms with Gasteiger partial charge < -0.3 is 10.1 Å². The van der Waals surface area contributed by atoms with Gasteiger partial charge in [0.15, 0.2) is 0 Å². The SMILES string of the molecule is CC(Nc1cnc(Br)cn1)C1CCCO1. The molecule has 15 heavy (non-hydrogen) atoms. The molecule has 2 rings (SSSR count). The van der Waals surface area contributed by atoms with E-state index in [0.29, 0.717) is 6.10 Å². The number of rotatable bonds is 3. The number of ether oxygens (including phenoxy) is 1. The summed E-state index contributed by atoms with van der Waals surface area (Å²) in [6, 6.07) is 0.281. The zero-order valence-electron chi connectivity index (χ0n) is 8.61. The molecule has 5 heteroatoms. The van der Waals surface area contributed by atoms with Gasteiger partial charge in [0, 0.05) is 6.61 Å². The van der Waals surface area contributed by atoms with Crippen molar-refractivity contribution in [3.05, 3.63) is 17.0 Å². The Hall–Kier alpha value is -0.680. The molecule has 0 amide bonds. The Bertz CT molecular complexity index is 311. The lowest BCUT2D eigenvalue weighted by Gasteiger charge is -2.20. The van der Waals surface area contributed by atoms with E-state index in [0.717, 1.165) is 29.9 Å². The first-order chi connectivity index (χ1) is 7.25. The number of nitrogens with one attached hydrogen (secondary N) is 1. The smallest absolute Gasteiger partial charge is 0.144 e. The van der Waals surface area contributed by atoms with Crippen LogP contribution in [0.3, 0.4) is 0 Å². The quantitative estimate of drug-likeness (QED) is 0.916. The minimum absolute atomic E-state index is 0.281. The van der Waals surface area contributed by atoms with E-state index >= 15 is 0 Å². The number of hydrogen-bond donors (Lipinski definition) is 1. The van der Waals surface area contributed by atoms with Gasteiger partial charge in [-0.15, -0.1) is 0 Å². The van der Waals surface area contributed by atoms with E-state index in [1.54, 1.807) is 12.4 Å². The summed E-state index contributed by atoms with van der Waals surface area (Å²) in [6.45, 7) is 2.99. The molecule has 1 N–H and O–H groups in total. The van der Waals surface area contributed by atoms with Crippen LogP contribution >= 0.6 is 15.9 Å². The van der Waals surface area contributed by atoms with E-state index in [9.17, 15) is 0 Å². The van der Waals surface area contributed by atoms with Gasteiger partial charge in [0.1, 0.15) is 10.4 Å². The third kappa shape index (κ3) is 2.89. The molecule has 1 aliphatic rings. The Labute approximate surface area is 97.6 Å². The van der Waals surface area contributed by atoms with Crippen LogP contribution in [0.5, 0.6) is 0 Å². The summed E-state index contributed by atoms with van der Waals surface area (Å²) in [4.78, 5) is 8.32. The van der Waals surface area contributed by atoms with Crippen molar-refractivity contribution in [1.82, 2.24) is 9.97 Å². The van der Waals surface area contributed by atoms with Gasteiger partial charge in [0.2, 0.25) is 0 Å². The van der Waals surface area contributed by atoms with Gasteiger partial charge >= 0.3 is 0 Å². The van der Waals surface area contributed by atoms with Crippen molar-refractivity contribution in [2.24, 2.45) is 0 Å². The van der Waals surface area contributed by atoms with Crippen molar-refractivity contribution in [2.45, 2.75) is 31.9 Å². The van der Waals surface area contributed by atoms with E-state index in [-0.39, 0.29) is 6.04 Å². The van der Waals surface area contributed by atoms with Crippen LogP contribution < -0.4 is 5.32 Å². The van der Waals surface area contributed by atoms with E-state index in [1.807, 2.05) is 0 Å². The van der Waals surface area contributed by atoms with Crippen molar-refractivity contribution in [1.29, 1.82) is 0 Å². The molecule has 4 nitrogen and oxygen atoms in total. The van der Waals surface area contributed by atoms with Crippen LogP contribution in [0.15, 0.2) is 17.0 Å². The molecule has 0 aromatic carbocycles. The van der Waals surface area contributed by atoms with E-state index in [4.69, 9.17) is 4.74 Å². The fourth-order valence-electron chi connectivity index (χ4n) is 1.71. The molecule has 2 atom stereocenters. The molecule has 1 aromatic rings. The van der Waals surface area contributed by atoms with Crippen LogP contribution in [0, 0.1) is 0 Å². The lowest BCUT2D eigenvalue weighted by molar-refractivity contribution is 0.0995. The number of hydrogen-bond acceptors (Lipinski definition) is 4. The first-order valence-electron chi connectivity index (χ1n) is 5.11. The lowest BCUT2D eigenvalue weighted by Crippen LogP contribution is -2.30. The number of halogens is 1. The van der Waals surface area contributed by atoms with Gasteiger partial charge in [-0.2, -0.15) is 0 Å². The molecule has 0 saturated carbocycles. The second-order valence-electron chi connectivity index (χ2n) is 3.71. The Morgan fingerprint density at radius 1 is 1.53 bits per heavy atom. The Morgan fingerprint density at radius 2 is 2.40 bits per heavy atom. The molecular formula is C10H14BrN3O. The van der Waals surface area contributed by atoms with Gasteiger partial charge in [0.05, 0.1) is 24.5 Å². The van der Waals surface area contributed by atoms with Crippen LogP contribution in [-0.4, -0.2) is 28.7 Å². The van der Waals surface area contributed by atoms with Crippen molar-refractivity contribution in [2.75, 3.05) is 11.9 Å². The largest absolute Gasteiger partial charge is 0.376 e. The highest BCUT2D eigenvalue weighted by Gasteiger charge is 2.22. The first-order valence-corrected chi connectivity index (χ1v) is 5.90. The highest BCUT2D eigenvalue weighted by molar-refractivity contribution is 9.10. The fourth-order valence-corrected chi connectivity index (χ4v) is 1.91. The third-order valence-corrected chi connectivity index (χ3v) is 2.93. The second-order valence-corrected chi connectivity index (χ2v) is 4.52. The maximum absolute atomic E-state index is 5.59. The van der Waals surface area contributed by atoms with Gasteiger partial charge in [-0.25, -0.2) is 9.97 Å². The molecule has 1 aromatic heterocycles. The molecule has 2 unspecified atom stereocenters. The summed E-state index contributed by atoms with van der Waals surface area (Å²) in [5.41, 5.74) is 0. The first kappa shape index (κ1) is 10.8. The highest BCUT2D eigenvalue weighted by atomic mass is 79.9. The average Bonchev–Trinajstić information content (AvgIpc) is 2.74. The summed E-state index contributed by atoms with van der Waals surface area (Å²) >= 11 is 3.25. The molecule has 1 saturated heterocycles. The Balaban J connectivity index is 1.92. The Kier molecular flexibility index (Phi) is 3.53. The van der Waals surface area contributed by atoms with Crippen LogP contribution in [0.4, 0.5) is 5.82 Å². The minimum Gasteiger partial charge on any atom is -0.376 e. The van der Waals surface area contributed by atoms with E-state index in [2.05, 4.69) is 38.1 Å². The molecule has 2 heterocycles. The number of anilines is 1. The monoisotopic (exact) mass is 271 g/mol. The molecule has 0 spiro atoms. The standard InChI is InChI=1S/C10H14BrN3O/c1-7(8-3-2-4-15-8)14-10-6-12-9(11)5-13-10/h5-8H,2-4H2,1H3,(H,13,14). The van der Waals surface area contributed by atoms with Crippen LogP contribution in [0.25, 0.3) is 0 Å². The van der Waals surface area contributed by atoms with E-state index < -0.39 is 0 Å². The lowest BCUT2D eigenvalue weighted by atomic mass is 10.1. The molecule has 0 aliphatic carbocycles. The number of nitrogens with zero attached hydrogens (tertiary/aromatic N) is 2. The van der Waals surface area contributed by atoms with Crippen molar-refractivity contribution in [3.63, 3.8) is 0 Å². The van der Waals surface area contributed by atoms with Gasteiger partial charge in [-0.3, -0.25) is 0 Å². The second kappa shape index (κ2) is 4.90. The number of aromatic nitrogens is 2. The van der Waals surface area contributed by atoms with Crippen LogP contribution in [0.1, 0.15) is 19.8 Å². The zero-order chi connectivity index (χ0) is 10.7. The van der Waals surface area contributed by atoms with Crippen LogP contribution in [0.2, 0.25) is 0 Å². The van der Waals surface area contributed by atoms with Gasteiger partial charge in [0.25, 0.3) is 0 Å². The summed E-state index contributed by atoms with van der Waals surface area (Å²) in [7, 11) is 0.